The molecule has 0 aliphatic carbocycles. The minimum Gasteiger partial charge on any atom is -0.372 e. The van der Waals surface area contributed by atoms with Crippen LogP contribution in [0.2, 0.25) is 0 Å². The highest BCUT2D eigenvalue weighted by Crippen LogP contribution is 2.30. The van der Waals surface area contributed by atoms with E-state index in [1.807, 2.05) is 18.5 Å². The summed E-state index contributed by atoms with van der Waals surface area (Å²) in [6.45, 7) is 10.8. The lowest BCUT2D eigenvalue weighted by Crippen LogP contribution is -2.29. The molecule has 1 fully saturated rings. The van der Waals surface area contributed by atoms with Gasteiger partial charge in [-0.2, -0.15) is 0 Å². The van der Waals surface area contributed by atoms with Crippen LogP contribution in [0.4, 0.5) is 5.69 Å². The van der Waals surface area contributed by atoms with Crippen molar-refractivity contribution in [1.29, 1.82) is 0 Å². The normalized spacial score (nSPS) is 14.8. The van der Waals surface area contributed by atoms with Crippen LogP contribution in [0, 0.1) is 13.8 Å². The Morgan fingerprint density at radius 1 is 1.03 bits per heavy atom. The van der Waals surface area contributed by atoms with Gasteiger partial charge in [0.05, 0.1) is 0 Å². The van der Waals surface area contributed by atoms with Crippen molar-refractivity contribution in [2.45, 2.75) is 65.7 Å². The van der Waals surface area contributed by atoms with E-state index >= 15 is 0 Å². The Morgan fingerprint density at radius 2 is 1.73 bits per heavy atom. The van der Waals surface area contributed by atoms with Gasteiger partial charge in [0.25, 0.3) is 5.56 Å². The minimum absolute atomic E-state index is 0.0366. The summed E-state index contributed by atoms with van der Waals surface area (Å²) in [5.74, 6) is 1.12. The van der Waals surface area contributed by atoms with Gasteiger partial charge in [-0.05, 0) is 87.3 Å². The zero-order valence-corrected chi connectivity index (χ0v) is 19.0. The molecule has 0 amide bonds. The van der Waals surface area contributed by atoms with Crippen molar-refractivity contribution in [1.82, 2.24) is 14.2 Å². The molecule has 0 atom stereocenters. The lowest BCUT2D eigenvalue weighted by Gasteiger charge is -2.29. The minimum atomic E-state index is 0.0366. The largest absolute Gasteiger partial charge is 0.372 e. The van der Waals surface area contributed by atoms with Crippen LogP contribution >= 0.6 is 0 Å². The molecule has 5 heteroatoms. The van der Waals surface area contributed by atoms with Gasteiger partial charge in [-0.1, -0.05) is 13.8 Å². The number of aromatic nitrogens is 3. The second kappa shape index (κ2) is 8.29. The van der Waals surface area contributed by atoms with E-state index in [2.05, 4.69) is 49.9 Å². The van der Waals surface area contributed by atoms with Crippen LogP contribution in [0.1, 0.15) is 68.7 Å². The first-order chi connectivity index (χ1) is 14.5. The topological polar surface area (TPSA) is 42.5 Å². The summed E-state index contributed by atoms with van der Waals surface area (Å²) >= 11 is 0. The molecule has 4 rings (SSSR count). The van der Waals surface area contributed by atoms with E-state index in [0.29, 0.717) is 5.92 Å². The zero-order valence-electron chi connectivity index (χ0n) is 19.0. The molecule has 30 heavy (non-hydrogen) atoms. The fraction of sp³-hybridized carbons (Fsp3) is 0.520. The highest BCUT2D eigenvalue weighted by Gasteiger charge is 2.21. The standard InChI is InChI=1S/C25H34N4O/c1-6-19(7-2)22-16-18(4)29-23(22)25(30)27(5)24(26-29)21-12-11-20(15-17(21)3)28-13-9-8-10-14-28/h11-12,15-16,19H,6-10,13-14H2,1-5H3. The molecule has 0 bridgehead atoms. The first-order valence-electron chi connectivity index (χ1n) is 11.4. The number of aryl methyl sites for hydroxylation is 2. The van der Waals surface area contributed by atoms with Gasteiger partial charge in [0, 0.05) is 37.1 Å². The third-order valence-corrected chi connectivity index (χ3v) is 6.80. The van der Waals surface area contributed by atoms with Crippen molar-refractivity contribution in [2.75, 3.05) is 18.0 Å². The summed E-state index contributed by atoms with van der Waals surface area (Å²) in [5.41, 5.74) is 6.38. The molecule has 160 valence electrons. The molecular weight excluding hydrogens is 372 g/mol. The molecule has 2 aromatic heterocycles. The molecule has 3 heterocycles. The van der Waals surface area contributed by atoms with Crippen LogP contribution in [-0.2, 0) is 7.05 Å². The Bertz CT molecular complexity index is 1110. The molecule has 1 aliphatic rings. The first kappa shape index (κ1) is 20.7. The second-order valence-corrected chi connectivity index (χ2v) is 8.75. The third-order valence-electron chi connectivity index (χ3n) is 6.80. The molecule has 5 nitrogen and oxygen atoms in total. The van der Waals surface area contributed by atoms with Crippen LogP contribution in [0.3, 0.4) is 0 Å². The van der Waals surface area contributed by atoms with Crippen LogP contribution in [-0.4, -0.2) is 27.3 Å². The Kier molecular flexibility index (Phi) is 5.72. The van der Waals surface area contributed by atoms with Crippen molar-refractivity contribution in [3.8, 4) is 11.4 Å². The summed E-state index contributed by atoms with van der Waals surface area (Å²) in [6, 6.07) is 8.71. The maximum atomic E-state index is 13.4. The van der Waals surface area contributed by atoms with Crippen molar-refractivity contribution in [2.24, 2.45) is 7.05 Å². The molecule has 1 aliphatic heterocycles. The zero-order chi connectivity index (χ0) is 21.4. The smallest absolute Gasteiger partial charge is 0.278 e. The van der Waals surface area contributed by atoms with Gasteiger partial charge in [-0.3, -0.25) is 9.36 Å². The molecular formula is C25H34N4O. The van der Waals surface area contributed by atoms with E-state index in [4.69, 9.17) is 5.10 Å². The average Bonchev–Trinajstić information content (AvgIpc) is 3.08. The Hall–Kier alpha value is -2.56. The van der Waals surface area contributed by atoms with E-state index < -0.39 is 0 Å². The number of hydrogen-bond acceptors (Lipinski definition) is 3. The highest BCUT2D eigenvalue weighted by molar-refractivity contribution is 5.67. The number of benzene rings is 1. The Morgan fingerprint density at radius 3 is 2.37 bits per heavy atom. The highest BCUT2D eigenvalue weighted by atomic mass is 16.1. The summed E-state index contributed by atoms with van der Waals surface area (Å²) in [4.78, 5) is 15.9. The molecule has 0 spiro atoms. The number of anilines is 1. The van der Waals surface area contributed by atoms with E-state index in [0.717, 1.165) is 59.7 Å². The van der Waals surface area contributed by atoms with Gasteiger partial charge >= 0.3 is 0 Å². The maximum absolute atomic E-state index is 13.4. The van der Waals surface area contributed by atoms with E-state index in [9.17, 15) is 4.79 Å². The molecule has 0 unspecified atom stereocenters. The third kappa shape index (κ3) is 3.44. The van der Waals surface area contributed by atoms with Crippen molar-refractivity contribution in [3.63, 3.8) is 0 Å². The predicted molar refractivity (Wildman–Crippen MR) is 125 cm³/mol. The van der Waals surface area contributed by atoms with Crippen LogP contribution < -0.4 is 10.5 Å². The number of piperidine rings is 1. The Balaban J connectivity index is 1.83. The van der Waals surface area contributed by atoms with Gasteiger partial charge in [0.2, 0.25) is 0 Å². The average molecular weight is 407 g/mol. The number of hydrogen-bond donors (Lipinski definition) is 0. The SMILES string of the molecule is CCC(CC)c1cc(C)n2nc(-c3ccc(N4CCCCC4)cc3C)n(C)c(=O)c12. The first-order valence-corrected chi connectivity index (χ1v) is 11.4. The van der Waals surface area contributed by atoms with Gasteiger partial charge in [0.15, 0.2) is 5.82 Å². The van der Waals surface area contributed by atoms with Crippen LogP contribution in [0.15, 0.2) is 29.1 Å². The maximum Gasteiger partial charge on any atom is 0.278 e. The Labute approximate surface area is 179 Å². The van der Waals surface area contributed by atoms with Gasteiger partial charge in [0.1, 0.15) is 5.52 Å². The van der Waals surface area contributed by atoms with E-state index in [-0.39, 0.29) is 5.56 Å². The molecule has 0 radical (unpaired) electrons. The quantitative estimate of drug-likeness (QED) is 0.584. The summed E-state index contributed by atoms with van der Waals surface area (Å²) in [5, 5.41) is 4.95. The molecule has 0 saturated carbocycles. The summed E-state index contributed by atoms with van der Waals surface area (Å²) in [6.07, 6.45) is 5.91. The molecule has 3 aromatic rings. The van der Waals surface area contributed by atoms with E-state index in [1.165, 1.54) is 24.9 Å². The number of nitrogens with zero attached hydrogens (tertiary/aromatic N) is 4. The summed E-state index contributed by atoms with van der Waals surface area (Å²) in [7, 11) is 1.85. The van der Waals surface area contributed by atoms with Crippen molar-refractivity contribution in [3.05, 3.63) is 51.4 Å². The lowest BCUT2D eigenvalue weighted by atomic mass is 9.95. The van der Waals surface area contributed by atoms with Crippen LogP contribution in [0.5, 0.6) is 0 Å². The number of rotatable bonds is 5. The van der Waals surface area contributed by atoms with Crippen molar-refractivity contribution < 1.29 is 0 Å². The predicted octanol–water partition coefficient (Wildman–Crippen LogP) is 5.21. The second-order valence-electron chi connectivity index (χ2n) is 8.75. The van der Waals surface area contributed by atoms with Gasteiger partial charge < -0.3 is 4.90 Å². The molecule has 1 saturated heterocycles. The van der Waals surface area contributed by atoms with Crippen molar-refractivity contribution >= 4 is 11.2 Å². The molecule has 0 N–H and O–H groups in total. The summed E-state index contributed by atoms with van der Waals surface area (Å²) < 4.78 is 3.59. The lowest BCUT2D eigenvalue weighted by molar-refractivity contribution is 0.578. The van der Waals surface area contributed by atoms with Crippen LogP contribution in [0.25, 0.3) is 16.9 Å². The van der Waals surface area contributed by atoms with E-state index in [1.54, 1.807) is 4.57 Å². The fourth-order valence-corrected chi connectivity index (χ4v) is 4.93. The molecule has 1 aromatic carbocycles. The fourth-order valence-electron chi connectivity index (χ4n) is 4.93. The van der Waals surface area contributed by atoms with Gasteiger partial charge in [-0.25, -0.2) is 4.52 Å². The monoisotopic (exact) mass is 406 g/mol. The van der Waals surface area contributed by atoms with Gasteiger partial charge in [-0.15, -0.1) is 5.10 Å². The number of fused-ring (bicyclic) bond motifs is 1.